The van der Waals surface area contributed by atoms with Crippen molar-refractivity contribution in [3.63, 3.8) is 0 Å². The summed E-state index contributed by atoms with van der Waals surface area (Å²) in [6, 6.07) is 18.2. The zero-order chi connectivity index (χ0) is 20.8. The molecule has 1 aromatic heterocycles. The number of anilines is 4. The number of aromatic nitrogens is 2. The van der Waals surface area contributed by atoms with E-state index in [0.29, 0.717) is 25.7 Å². The van der Waals surface area contributed by atoms with E-state index in [2.05, 4.69) is 51.7 Å². The van der Waals surface area contributed by atoms with Gasteiger partial charge in [0.05, 0.1) is 20.3 Å². The van der Waals surface area contributed by atoms with Gasteiger partial charge in [-0.05, 0) is 36.8 Å². The van der Waals surface area contributed by atoms with E-state index in [1.807, 2.05) is 30.3 Å². The second kappa shape index (κ2) is 9.45. The Balaban J connectivity index is 1.55. The molecular formula is C23H27N5O2. The molecule has 0 bridgehead atoms. The number of morpholine rings is 1. The number of rotatable bonds is 7. The summed E-state index contributed by atoms with van der Waals surface area (Å²) in [5.41, 5.74) is 3.37. The van der Waals surface area contributed by atoms with E-state index in [-0.39, 0.29) is 0 Å². The lowest BCUT2D eigenvalue weighted by Crippen LogP contribution is -2.37. The molecule has 1 aliphatic rings. The van der Waals surface area contributed by atoms with Crippen molar-refractivity contribution in [2.24, 2.45) is 0 Å². The topological polar surface area (TPSA) is 71.5 Å². The van der Waals surface area contributed by atoms with Crippen LogP contribution in [0.15, 0.2) is 54.6 Å². The molecule has 156 valence electrons. The van der Waals surface area contributed by atoms with Gasteiger partial charge in [0, 0.05) is 31.4 Å². The third kappa shape index (κ3) is 5.18. The summed E-state index contributed by atoms with van der Waals surface area (Å²) in [5.74, 6) is 3.03. The fraction of sp³-hybridized carbons (Fsp3) is 0.304. The largest absolute Gasteiger partial charge is 0.497 e. The van der Waals surface area contributed by atoms with Crippen LogP contribution in [-0.2, 0) is 11.3 Å². The second-order valence-electron chi connectivity index (χ2n) is 7.23. The maximum Gasteiger partial charge on any atom is 0.226 e. The summed E-state index contributed by atoms with van der Waals surface area (Å²) in [6.45, 7) is 5.79. The molecule has 7 heteroatoms. The molecule has 0 saturated carbocycles. The van der Waals surface area contributed by atoms with Gasteiger partial charge in [0.1, 0.15) is 17.4 Å². The van der Waals surface area contributed by atoms with E-state index >= 15 is 0 Å². The van der Waals surface area contributed by atoms with Crippen LogP contribution in [0.4, 0.5) is 23.3 Å². The molecule has 30 heavy (non-hydrogen) atoms. The molecule has 0 spiro atoms. The van der Waals surface area contributed by atoms with E-state index < -0.39 is 0 Å². The summed E-state index contributed by atoms with van der Waals surface area (Å²) in [5, 5.41) is 6.74. The summed E-state index contributed by atoms with van der Waals surface area (Å²) >= 11 is 0. The van der Waals surface area contributed by atoms with Gasteiger partial charge in [-0.2, -0.15) is 9.97 Å². The van der Waals surface area contributed by atoms with Crippen LogP contribution < -0.4 is 20.3 Å². The average Bonchev–Trinajstić information content (AvgIpc) is 2.80. The Kier molecular flexibility index (Phi) is 6.29. The maximum atomic E-state index is 5.49. The number of hydrogen-bond acceptors (Lipinski definition) is 7. The number of benzene rings is 2. The van der Waals surface area contributed by atoms with E-state index in [4.69, 9.17) is 14.5 Å². The lowest BCUT2D eigenvalue weighted by molar-refractivity contribution is 0.122. The number of hydrogen-bond donors (Lipinski definition) is 2. The number of nitrogens with zero attached hydrogens (tertiary/aromatic N) is 3. The normalized spacial score (nSPS) is 13.7. The first-order valence-corrected chi connectivity index (χ1v) is 10.1. The van der Waals surface area contributed by atoms with E-state index in [1.54, 1.807) is 7.11 Å². The standard InChI is InChI=1S/C23H27N5O2/c1-17-3-5-18(6-4-17)16-24-23-26-21(25-19-7-9-20(29-2)10-8-19)15-22(27-23)28-11-13-30-14-12-28/h3-10,15H,11-14,16H2,1-2H3,(H2,24,25,26,27). The number of aryl methyl sites for hydroxylation is 1. The predicted octanol–water partition coefficient (Wildman–Crippen LogP) is 3.99. The van der Waals surface area contributed by atoms with Crippen molar-refractivity contribution < 1.29 is 9.47 Å². The molecule has 2 N–H and O–H groups in total. The van der Waals surface area contributed by atoms with Crippen LogP contribution in [0.3, 0.4) is 0 Å². The van der Waals surface area contributed by atoms with Crippen LogP contribution in [0.1, 0.15) is 11.1 Å². The highest BCUT2D eigenvalue weighted by molar-refractivity contribution is 5.62. The van der Waals surface area contributed by atoms with Gasteiger partial charge >= 0.3 is 0 Å². The van der Waals surface area contributed by atoms with Crippen LogP contribution >= 0.6 is 0 Å². The SMILES string of the molecule is COc1ccc(Nc2cc(N3CCOCC3)nc(NCc3ccc(C)cc3)n2)cc1. The van der Waals surface area contributed by atoms with Crippen molar-refractivity contribution in [2.75, 3.05) is 48.9 Å². The molecule has 1 saturated heterocycles. The molecular weight excluding hydrogens is 378 g/mol. The van der Waals surface area contributed by atoms with Crippen LogP contribution in [0, 0.1) is 6.92 Å². The second-order valence-corrected chi connectivity index (χ2v) is 7.23. The predicted molar refractivity (Wildman–Crippen MR) is 120 cm³/mol. The van der Waals surface area contributed by atoms with Crippen LogP contribution in [0.5, 0.6) is 5.75 Å². The van der Waals surface area contributed by atoms with Crippen molar-refractivity contribution in [1.29, 1.82) is 0 Å². The Morgan fingerprint density at radius 2 is 1.73 bits per heavy atom. The van der Waals surface area contributed by atoms with E-state index in [0.717, 1.165) is 36.2 Å². The number of ether oxygens (including phenoxy) is 2. The molecule has 2 aromatic carbocycles. The lowest BCUT2D eigenvalue weighted by Gasteiger charge is -2.28. The molecule has 7 nitrogen and oxygen atoms in total. The highest BCUT2D eigenvalue weighted by Crippen LogP contribution is 2.24. The van der Waals surface area contributed by atoms with Crippen molar-refractivity contribution in [3.8, 4) is 5.75 Å². The minimum atomic E-state index is 0.593. The summed E-state index contributed by atoms with van der Waals surface area (Å²) in [4.78, 5) is 11.6. The van der Waals surface area contributed by atoms with E-state index in [9.17, 15) is 0 Å². The highest BCUT2D eigenvalue weighted by atomic mass is 16.5. The van der Waals surface area contributed by atoms with Gasteiger partial charge in [-0.3, -0.25) is 0 Å². The molecule has 2 heterocycles. The zero-order valence-electron chi connectivity index (χ0n) is 17.4. The summed E-state index contributed by atoms with van der Waals surface area (Å²) in [7, 11) is 1.66. The summed E-state index contributed by atoms with van der Waals surface area (Å²) in [6.07, 6.45) is 0. The quantitative estimate of drug-likeness (QED) is 0.616. The molecule has 0 radical (unpaired) electrons. The Morgan fingerprint density at radius 1 is 1.00 bits per heavy atom. The van der Waals surface area contributed by atoms with Crippen molar-refractivity contribution in [1.82, 2.24) is 9.97 Å². The molecule has 1 fully saturated rings. The maximum absolute atomic E-state index is 5.49. The highest BCUT2D eigenvalue weighted by Gasteiger charge is 2.15. The molecule has 0 atom stereocenters. The first-order valence-electron chi connectivity index (χ1n) is 10.1. The molecule has 0 unspecified atom stereocenters. The van der Waals surface area contributed by atoms with Crippen molar-refractivity contribution in [3.05, 3.63) is 65.7 Å². The number of nitrogens with one attached hydrogen (secondary N) is 2. The Labute approximate surface area is 177 Å². The third-order valence-electron chi connectivity index (χ3n) is 4.98. The summed E-state index contributed by atoms with van der Waals surface area (Å²) < 4.78 is 10.7. The Bertz CT molecular complexity index is 954. The average molecular weight is 406 g/mol. The van der Waals surface area contributed by atoms with Gasteiger partial charge < -0.3 is 25.0 Å². The van der Waals surface area contributed by atoms with Crippen LogP contribution in [-0.4, -0.2) is 43.4 Å². The lowest BCUT2D eigenvalue weighted by atomic mass is 10.1. The fourth-order valence-electron chi connectivity index (χ4n) is 3.24. The number of methoxy groups -OCH3 is 1. The minimum absolute atomic E-state index is 0.593. The molecule has 4 rings (SSSR count). The van der Waals surface area contributed by atoms with Gasteiger partial charge in [0.2, 0.25) is 5.95 Å². The minimum Gasteiger partial charge on any atom is -0.497 e. The molecule has 1 aliphatic heterocycles. The van der Waals surface area contributed by atoms with Crippen LogP contribution in [0.2, 0.25) is 0 Å². The Hall–Kier alpha value is -3.32. The van der Waals surface area contributed by atoms with E-state index in [1.165, 1.54) is 11.1 Å². The van der Waals surface area contributed by atoms with Gasteiger partial charge in [-0.25, -0.2) is 0 Å². The fourth-order valence-corrected chi connectivity index (χ4v) is 3.24. The van der Waals surface area contributed by atoms with Crippen molar-refractivity contribution in [2.45, 2.75) is 13.5 Å². The molecule has 0 amide bonds. The van der Waals surface area contributed by atoms with Gasteiger partial charge in [-0.1, -0.05) is 29.8 Å². The van der Waals surface area contributed by atoms with Crippen molar-refractivity contribution >= 4 is 23.3 Å². The smallest absolute Gasteiger partial charge is 0.226 e. The third-order valence-corrected chi connectivity index (χ3v) is 4.98. The Morgan fingerprint density at radius 3 is 2.43 bits per heavy atom. The first kappa shape index (κ1) is 20.0. The van der Waals surface area contributed by atoms with Gasteiger partial charge in [0.15, 0.2) is 0 Å². The molecule has 0 aliphatic carbocycles. The first-order chi connectivity index (χ1) is 14.7. The zero-order valence-corrected chi connectivity index (χ0v) is 17.4. The van der Waals surface area contributed by atoms with Crippen LogP contribution in [0.25, 0.3) is 0 Å². The van der Waals surface area contributed by atoms with Gasteiger partial charge in [0.25, 0.3) is 0 Å². The van der Waals surface area contributed by atoms with Gasteiger partial charge in [-0.15, -0.1) is 0 Å². The monoisotopic (exact) mass is 405 g/mol. The molecule has 3 aromatic rings.